The van der Waals surface area contributed by atoms with E-state index in [-0.39, 0.29) is 0 Å². The highest BCUT2D eigenvalue weighted by molar-refractivity contribution is 7.89. The molecule has 0 saturated carbocycles. The van der Waals surface area contributed by atoms with Crippen molar-refractivity contribution in [2.45, 2.75) is 18.4 Å². The van der Waals surface area contributed by atoms with Gasteiger partial charge in [-0.05, 0) is 43.3 Å². The minimum absolute atomic E-state index is 0.349. The van der Waals surface area contributed by atoms with Gasteiger partial charge in [0, 0.05) is 38.3 Å². The first-order valence-corrected chi connectivity index (χ1v) is 11.3. The van der Waals surface area contributed by atoms with E-state index in [1.165, 1.54) is 0 Å². The monoisotopic (exact) mass is 427 g/mol. The number of oxazole rings is 1. The number of sulfonamides is 1. The van der Waals surface area contributed by atoms with Crippen molar-refractivity contribution in [3.05, 3.63) is 66.1 Å². The predicted molar refractivity (Wildman–Crippen MR) is 114 cm³/mol. The summed E-state index contributed by atoms with van der Waals surface area (Å²) in [6, 6.07) is 14.6. The number of piperazine rings is 1. The molecule has 4 rings (SSSR count). The lowest BCUT2D eigenvalue weighted by Gasteiger charge is -2.33. The fourth-order valence-electron chi connectivity index (χ4n) is 3.46. The molecule has 1 aliphatic heterocycles. The van der Waals surface area contributed by atoms with Gasteiger partial charge in [-0.15, -0.1) is 0 Å². The first-order chi connectivity index (χ1) is 14.5. The number of aromatic nitrogens is 1. The van der Waals surface area contributed by atoms with Crippen LogP contribution < -0.4 is 4.74 Å². The van der Waals surface area contributed by atoms with E-state index in [0.29, 0.717) is 43.5 Å². The molecule has 0 bridgehead atoms. The topological polar surface area (TPSA) is 75.9 Å². The first kappa shape index (κ1) is 20.6. The Kier molecular flexibility index (Phi) is 5.90. The van der Waals surface area contributed by atoms with Gasteiger partial charge in [0.05, 0.1) is 17.7 Å². The molecule has 0 spiro atoms. The molecule has 2 heterocycles. The van der Waals surface area contributed by atoms with E-state index < -0.39 is 10.0 Å². The zero-order chi connectivity index (χ0) is 21.1. The molecular formula is C22H25N3O4S. The second-order valence-electron chi connectivity index (χ2n) is 7.37. The van der Waals surface area contributed by atoms with Crippen LogP contribution in [0.3, 0.4) is 0 Å². The number of rotatable bonds is 6. The normalized spacial score (nSPS) is 15.9. The average molecular weight is 428 g/mol. The van der Waals surface area contributed by atoms with Gasteiger partial charge in [0.2, 0.25) is 15.9 Å². The Morgan fingerprint density at radius 1 is 1.00 bits per heavy atom. The molecule has 0 amide bonds. The zero-order valence-corrected chi connectivity index (χ0v) is 17.9. The van der Waals surface area contributed by atoms with Crippen molar-refractivity contribution in [3.63, 3.8) is 0 Å². The van der Waals surface area contributed by atoms with Crippen molar-refractivity contribution in [1.82, 2.24) is 14.2 Å². The zero-order valence-electron chi connectivity index (χ0n) is 17.1. The Balaban J connectivity index is 1.36. The molecule has 30 heavy (non-hydrogen) atoms. The third kappa shape index (κ3) is 4.40. The minimum Gasteiger partial charge on any atom is -0.497 e. The maximum absolute atomic E-state index is 12.8. The summed E-state index contributed by atoms with van der Waals surface area (Å²) >= 11 is 0. The summed E-state index contributed by atoms with van der Waals surface area (Å²) in [5, 5.41) is 0. The van der Waals surface area contributed by atoms with Crippen LogP contribution in [0.15, 0.2) is 64.1 Å². The van der Waals surface area contributed by atoms with Crippen molar-refractivity contribution in [3.8, 4) is 17.2 Å². The van der Waals surface area contributed by atoms with Crippen LogP contribution in [0, 0.1) is 6.92 Å². The summed E-state index contributed by atoms with van der Waals surface area (Å²) in [4.78, 5) is 7.11. The lowest BCUT2D eigenvalue weighted by Crippen LogP contribution is -2.48. The van der Waals surface area contributed by atoms with Gasteiger partial charge < -0.3 is 9.15 Å². The molecule has 0 N–H and O–H groups in total. The number of aryl methyl sites for hydroxylation is 1. The van der Waals surface area contributed by atoms with E-state index in [1.54, 1.807) is 29.8 Å². The third-order valence-electron chi connectivity index (χ3n) is 5.26. The summed E-state index contributed by atoms with van der Waals surface area (Å²) < 4.78 is 38.0. The van der Waals surface area contributed by atoms with Crippen molar-refractivity contribution >= 4 is 10.0 Å². The predicted octanol–water partition coefficient (Wildman–Crippen LogP) is 3.17. The quantitative estimate of drug-likeness (QED) is 0.602. The van der Waals surface area contributed by atoms with Gasteiger partial charge in [0.25, 0.3) is 0 Å². The SMILES string of the molecule is COc1ccc(-c2nc(CN3CCN(S(=O)(=O)c4ccc(C)cc4)CC3)co2)cc1. The fraction of sp³-hybridized carbons (Fsp3) is 0.318. The van der Waals surface area contributed by atoms with E-state index in [1.807, 2.05) is 43.3 Å². The number of methoxy groups -OCH3 is 1. The highest BCUT2D eigenvalue weighted by Crippen LogP contribution is 2.23. The van der Waals surface area contributed by atoms with Crippen LogP contribution in [0.5, 0.6) is 5.75 Å². The molecule has 1 aliphatic rings. The van der Waals surface area contributed by atoms with Crippen LogP contribution >= 0.6 is 0 Å². The number of ether oxygens (including phenoxy) is 1. The molecule has 1 fully saturated rings. The van der Waals surface area contributed by atoms with Crippen LogP contribution in [0.1, 0.15) is 11.3 Å². The second-order valence-corrected chi connectivity index (χ2v) is 9.30. The van der Waals surface area contributed by atoms with Gasteiger partial charge in [-0.1, -0.05) is 17.7 Å². The largest absolute Gasteiger partial charge is 0.497 e. The summed E-state index contributed by atoms with van der Waals surface area (Å²) in [5.41, 5.74) is 2.76. The molecule has 158 valence electrons. The molecule has 1 aromatic heterocycles. The Morgan fingerprint density at radius 3 is 2.30 bits per heavy atom. The van der Waals surface area contributed by atoms with Crippen molar-refractivity contribution < 1.29 is 17.6 Å². The van der Waals surface area contributed by atoms with Gasteiger partial charge in [0.1, 0.15) is 12.0 Å². The summed E-state index contributed by atoms with van der Waals surface area (Å²) in [5.74, 6) is 1.34. The number of nitrogens with zero attached hydrogens (tertiary/aromatic N) is 3. The van der Waals surface area contributed by atoms with Crippen molar-refractivity contribution in [1.29, 1.82) is 0 Å². The summed E-state index contributed by atoms with van der Waals surface area (Å²) in [6.07, 6.45) is 1.66. The maximum atomic E-state index is 12.8. The van der Waals surface area contributed by atoms with E-state index >= 15 is 0 Å². The lowest BCUT2D eigenvalue weighted by molar-refractivity contribution is 0.180. The average Bonchev–Trinajstić information content (AvgIpc) is 3.23. The van der Waals surface area contributed by atoms with Gasteiger partial charge in [-0.3, -0.25) is 4.90 Å². The number of hydrogen-bond acceptors (Lipinski definition) is 6. The van der Waals surface area contributed by atoms with E-state index in [2.05, 4.69) is 9.88 Å². The molecule has 2 aromatic carbocycles. The van der Waals surface area contributed by atoms with Gasteiger partial charge in [-0.25, -0.2) is 13.4 Å². The highest BCUT2D eigenvalue weighted by Gasteiger charge is 2.28. The van der Waals surface area contributed by atoms with Crippen molar-refractivity contribution in [2.75, 3.05) is 33.3 Å². The molecule has 8 heteroatoms. The Hall–Kier alpha value is -2.68. The standard InChI is InChI=1S/C22H25N3O4S/c1-17-3-9-21(10-4-17)30(26,27)25-13-11-24(12-14-25)15-19-16-29-22(23-19)18-5-7-20(28-2)8-6-18/h3-10,16H,11-15H2,1-2H3. The molecule has 1 saturated heterocycles. The van der Waals surface area contributed by atoms with E-state index in [4.69, 9.17) is 9.15 Å². The molecule has 7 nitrogen and oxygen atoms in total. The fourth-order valence-corrected chi connectivity index (χ4v) is 4.88. The molecule has 0 aliphatic carbocycles. The molecule has 0 unspecified atom stereocenters. The third-order valence-corrected chi connectivity index (χ3v) is 7.18. The highest BCUT2D eigenvalue weighted by atomic mass is 32.2. The minimum atomic E-state index is -3.45. The van der Waals surface area contributed by atoms with E-state index in [0.717, 1.165) is 22.6 Å². The van der Waals surface area contributed by atoms with E-state index in [9.17, 15) is 8.42 Å². The first-order valence-electron chi connectivity index (χ1n) is 9.84. The van der Waals surface area contributed by atoms with Gasteiger partial charge in [0.15, 0.2) is 0 Å². The molecule has 3 aromatic rings. The van der Waals surface area contributed by atoms with Crippen LogP contribution in [0.25, 0.3) is 11.5 Å². The summed E-state index contributed by atoms with van der Waals surface area (Å²) in [6.45, 7) is 4.78. The van der Waals surface area contributed by atoms with Crippen LogP contribution in [0.4, 0.5) is 0 Å². The molecule has 0 atom stereocenters. The van der Waals surface area contributed by atoms with Gasteiger partial charge >= 0.3 is 0 Å². The number of hydrogen-bond donors (Lipinski definition) is 0. The second kappa shape index (κ2) is 8.59. The Labute approximate surface area is 177 Å². The van der Waals surface area contributed by atoms with Crippen LogP contribution in [0.2, 0.25) is 0 Å². The Morgan fingerprint density at radius 2 is 1.67 bits per heavy atom. The van der Waals surface area contributed by atoms with Gasteiger partial charge in [-0.2, -0.15) is 4.31 Å². The molecule has 0 radical (unpaired) electrons. The maximum Gasteiger partial charge on any atom is 0.243 e. The Bertz CT molecular complexity index is 1080. The molecular weight excluding hydrogens is 402 g/mol. The lowest BCUT2D eigenvalue weighted by atomic mass is 10.2. The smallest absolute Gasteiger partial charge is 0.243 e. The van der Waals surface area contributed by atoms with Crippen LogP contribution in [-0.2, 0) is 16.6 Å². The van der Waals surface area contributed by atoms with Crippen LogP contribution in [-0.4, -0.2) is 55.9 Å². The van der Waals surface area contributed by atoms with Crippen molar-refractivity contribution in [2.24, 2.45) is 0 Å². The summed E-state index contributed by atoms with van der Waals surface area (Å²) in [7, 11) is -1.82. The number of benzene rings is 2.